The minimum atomic E-state index is -0.521. The van der Waals surface area contributed by atoms with Crippen LogP contribution >= 0.6 is 23.2 Å². The van der Waals surface area contributed by atoms with Crippen molar-refractivity contribution in [3.05, 3.63) is 63.6 Å². The Morgan fingerprint density at radius 1 is 1.04 bits per heavy atom. The normalized spacial score (nSPS) is 12.7. The number of rotatable bonds is 7. The fourth-order valence-corrected chi connectivity index (χ4v) is 2.88. The van der Waals surface area contributed by atoms with Gasteiger partial charge in [-0.1, -0.05) is 41.4 Å². The lowest BCUT2D eigenvalue weighted by atomic mass is 9.98. The highest BCUT2D eigenvalue weighted by Crippen LogP contribution is 2.23. The van der Waals surface area contributed by atoms with E-state index in [1.807, 2.05) is 51.1 Å². The van der Waals surface area contributed by atoms with Crippen LogP contribution in [0.1, 0.15) is 38.3 Å². The predicted molar refractivity (Wildman–Crippen MR) is 108 cm³/mol. The number of ether oxygens (including phenoxy) is 1. The second kappa shape index (κ2) is 8.90. The third-order valence-electron chi connectivity index (χ3n) is 3.86. The van der Waals surface area contributed by atoms with E-state index in [2.05, 4.69) is 0 Å². The van der Waals surface area contributed by atoms with Gasteiger partial charge < -0.3 is 10.5 Å². The molecule has 1 atom stereocenters. The monoisotopic (exact) mass is 393 g/mol. The molecule has 2 rings (SSSR count). The number of ketones is 1. The third-order valence-corrected chi connectivity index (χ3v) is 4.60. The van der Waals surface area contributed by atoms with Gasteiger partial charge in [0, 0.05) is 6.42 Å². The molecule has 0 aliphatic carbocycles. The summed E-state index contributed by atoms with van der Waals surface area (Å²) < 4.78 is 5.80. The molecule has 0 amide bonds. The number of aryl methyl sites for hydroxylation is 1. The number of hydrogen-bond acceptors (Lipinski definition) is 3. The summed E-state index contributed by atoms with van der Waals surface area (Å²) in [4.78, 5) is 12.3. The van der Waals surface area contributed by atoms with E-state index in [-0.39, 0.29) is 11.4 Å². The average molecular weight is 394 g/mol. The number of hydrogen-bond donors (Lipinski definition) is 1. The molecule has 0 aliphatic heterocycles. The summed E-state index contributed by atoms with van der Waals surface area (Å²) in [5.74, 6) is 0.840. The first-order valence-corrected chi connectivity index (χ1v) is 9.40. The highest BCUT2D eigenvalue weighted by atomic mass is 35.5. The zero-order valence-corrected chi connectivity index (χ0v) is 16.9. The minimum absolute atomic E-state index is 0.0334. The van der Waals surface area contributed by atoms with E-state index in [1.165, 1.54) is 0 Å². The van der Waals surface area contributed by atoms with Crippen LogP contribution in [-0.2, 0) is 17.6 Å². The van der Waals surface area contributed by atoms with Crippen molar-refractivity contribution in [2.75, 3.05) is 0 Å². The largest absolute Gasteiger partial charge is 0.488 e. The van der Waals surface area contributed by atoms with Crippen molar-refractivity contribution in [2.24, 2.45) is 5.73 Å². The van der Waals surface area contributed by atoms with Crippen molar-refractivity contribution in [1.29, 1.82) is 0 Å². The van der Waals surface area contributed by atoms with Gasteiger partial charge in [-0.25, -0.2) is 0 Å². The molecule has 2 aromatic rings. The lowest BCUT2D eigenvalue weighted by Crippen LogP contribution is -2.32. The van der Waals surface area contributed by atoms with Crippen LogP contribution in [0.5, 0.6) is 5.75 Å². The zero-order valence-electron chi connectivity index (χ0n) is 15.4. The molecule has 0 saturated heterocycles. The molecule has 2 N–H and O–H groups in total. The van der Waals surface area contributed by atoms with Crippen molar-refractivity contribution in [3.63, 3.8) is 0 Å². The summed E-state index contributed by atoms with van der Waals surface area (Å²) in [6.07, 6.45) is 1.49. The number of nitrogens with two attached hydrogens (primary N) is 1. The average Bonchev–Trinajstić information content (AvgIpc) is 2.56. The van der Waals surface area contributed by atoms with Crippen LogP contribution in [0, 0.1) is 0 Å². The molecule has 0 heterocycles. The summed E-state index contributed by atoms with van der Waals surface area (Å²) in [7, 11) is 0. The van der Waals surface area contributed by atoms with Gasteiger partial charge in [0.15, 0.2) is 0 Å². The predicted octanol–water partition coefficient (Wildman–Crippen LogP) is 5.24. The van der Waals surface area contributed by atoms with Gasteiger partial charge in [-0.3, -0.25) is 4.79 Å². The quantitative estimate of drug-likeness (QED) is 0.699. The van der Waals surface area contributed by atoms with E-state index >= 15 is 0 Å². The number of benzene rings is 2. The number of carbonyl (C=O) groups is 1. The molecule has 140 valence electrons. The fraction of sp³-hybridized carbons (Fsp3) is 0.381. The molecule has 0 bridgehead atoms. The summed E-state index contributed by atoms with van der Waals surface area (Å²) >= 11 is 11.9. The molecule has 2 aromatic carbocycles. The Labute approximate surface area is 165 Å². The van der Waals surface area contributed by atoms with Crippen LogP contribution < -0.4 is 10.5 Å². The Morgan fingerprint density at radius 3 is 2.23 bits per heavy atom. The summed E-state index contributed by atoms with van der Waals surface area (Å²) in [5, 5.41) is 1.01. The smallest absolute Gasteiger partial charge is 0.150 e. The van der Waals surface area contributed by atoms with Crippen LogP contribution in [-0.4, -0.2) is 17.4 Å². The molecule has 0 saturated carbocycles. The van der Waals surface area contributed by atoms with Gasteiger partial charge in [0.1, 0.15) is 17.1 Å². The van der Waals surface area contributed by atoms with Gasteiger partial charge in [-0.05, 0) is 69.0 Å². The Kier molecular flexibility index (Phi) is 7.10. The standard InChI is InChI=1S/C21H25Cl2NO2/c1-21(2,3)26-16-8-4-15(5-9-16)13-19(24)20(25)11-7-14-6-10-17(22)18(23)12-14/h4-6,8-10,12,19H,7,11,13,24H2,1-3H3/t19-/m1/s1. The van der Waals surface area contributed by atoms with Crippen molar-refractivity contribution in [3.8, 4) is 5.75 Å². The molecule has 26 heavy (non-hydrogen) atoms. The van der Waals surface area contributed by atoms with Gasteiger partial charge in [0.25, 0.3) is 0 Å². The van der Waals surface area contributed by atoms with Crippen molar-refractivity contribution >= 4 is 29.0 Å². The fourth-order valence-electron chi connectivity index (χ4n) is 2.56. The van der Waals surface area contributed by atoms with Gasteiger partial charge >= 0.3 is 0 Å². The van der Waals surface area contributed by atoms with E-state index < -0.39 is 6.04 Å². The molecular weight excluding hydrogens is 369 g/mol. The molecule has 0 spiro atoms. The lowest BCUT2D eigenvalue weighted by molar-refractivity contribution is -0.120. The second-order valence-electron chi connectivity index (χ2n) is 7.38. The SMILES string of the molecule is CC(C)(C)Oc1ccc(C[C@@H](N)C(=O)CCc2ccc(Cl)c(Cl)c2)cc1. The Hall–Kier alpha value is -1.55. The maximum absolute atomic E-state index is 12.3. The molecule has 0 fully saturated rings. The Morgan fingerprint density at radius 2 is 1.65 bits per heavy atom. The van der Waals surface area contributed by atoms with Gasteiger partial charge in [-0.15, -0.1) is 0 Å². The maximum atomic E-state index is 12.3. The van der Waals surface area contributed by atoms with Gasteiger partial charge in [0.2, 0.25) is 0 Å². The van der Waals surface area contributed by atoms with Crippen molar-refractivity contribution in [1.82, 2.24) is 0 Å². The molecule has 3 nitrogen and oxygen atoms in total. The van der Waals surface area contributed by atoms with Crippen LogP contribution in [0.2, 0.25) is 10.0 Å². The van der Waals surface area contributed by atoms with Crippen LogP contribution in [0.4, 0.5) is 0 Å². The first-order chi connectivity index (χ1) is 12.1. The van der Waals surface area contributed by atoms with Gasteiger partial charge in [0.05, 0.1) is 16.1 Å². The molecular formula is C21H25Cl2NO2. The molecule has 0 radical (unpaired) electrons. The first kappa shape index (κ1) is 20.8. The van der Waals surface area contributed by atoms with Crippen molar-refractivity contribution < 1.29 is 9.53 Å². The van der Waals surface area contributed by atoms with E-state index in [9.17, 15) is 4.79 Å². The summed E-state index contributed by atoms with van der Waals surface area (Å²) in [6.45, 7) is 6.01. The first-order valence-electron chi connectivity index (χ1n) is 8.64. The van der Waals surface area contributed by atoms with Crippen molar-refractivity contribution in [2.45, 2.75) is 51.7 Å². The van der Waals surface area contributed by atoms with Crippen LogP contribution in [0.3, 0.4) is 0 Å². The van der Waals surface area contributed by atoms with Gasteiger partial charge in [-0.2, -0.15) is 0 Å². The van der Waals surface area contributed by atoms with E-state index in [0.29, 0.717) is 29.3 Å². The van der Waals surface area contributed by atoms with Crippen LogP contribution in [0.25, 0.3) is 0 Å². The topological polar surface area (TPSA) is 52.3 Å². The molecule has 0 aliphatic rings. The Bertz CT molecular complexity index is 752. The lowest BCUT2D eigenvalue weighted by Gasteiger charge is -2.21. The van der Waals surface area contributed by atoms with Crippen LogP contribution in [0.15, 0.2) is 42.5 Å². The minimum Gasteiger partial charge on any atom is -0.488 e. The molecule has 0 unspecified atom stereocenters. The second-order valence-corrected chi connectivity index (χ2v) is 8.20. The zero-order chi connectivity index (χ0) is 19.3. The molecule has 5 heteroatoms. The summed E-state index contributed by atoms with van der Waals surface area (Å²) in [6, 6.07) is 12.6. The highest BCUT2D eigenvalue weighted by Gasteiger charge is 2.15. The third kappa shape index (κ3) is 6.64. The van der Waals surface area contributed by atoms with E-state index in [4.69, 9.17) is 33.7 Å². The summed E-state index contributed by atoms with van der Waals surface area (Å²) in [5.41, 5.74) is 7.83. The Balaban J connectivity index is 1.87. The van der Waals surface area contributed by atoms with E-state index in [1.54, 1.807) is 12.1 Å². The maximum Gasteiger partial charge on any atom is 0.150 e. The number of Topliss-reactive ketones (excluding diaryl/α,β-unsaturated/α-hetero) is 1. The number of carbonyl (C=O) groups excluding carboxylic acids is 1. The van der Waals surface area contributed by atoms with E-state index in [0.717, 1.165) is 16.9 Å². The molecule has 0 aromatic heterocycles. The number of halogens is 2. The highest BCUT2D eigenvalue weighted by molar-refractivity contribution is 6.42.